The lowest BCUT2D eigenvalue weighted by Crippen LogP contribution is -2.18. The second-order valence-corrected chi connectivity index (χ2v) is 3.97. The van der Waals surface area contributed by atoms with Gasteiger partial charge in [-0.1, -0.05) is 11.6 Å². The Hall–Kier alpha value is -0.940. The molecule has 4 nitrogen and oxygen atoms in total. The van der Waals surface area contributed by atoms with E-state index in [1.165, 1.54) is 10.9 Å². The molecule has 72 valence electrons. The molecule has 2 aromatic rings. The van der Waals surface area contributed by atoms with Gasteiger partial charge >= 0.3 is 0 Å². The van der Waals surface area contributed by atoms with E-state index in [1.54, 1.807) is 13.1 Å². The molecular formula is C8H5BrClN3O. The van der Waals surface area contributed by atoms with Crippen molar-refractivity contribution in [1.82, 2.24) is 14.5 Å². The number of nitrogens with zero attached hydrogens (tertiary/aromatic N) is 3. The maximum Gasteiger partial charge on any atom is 0.266 e. The number of aryl methyl sites for hydroxylation is 1. The van der Waals surface area contributed by atoms with Gasteiger partial charge in [-0.05, 0) is 22.0 Å². The third-order valence-electron chi connectivity index (χ3n) is 1.91. The molecule has 0 aliphatic heterocycles. The number of pyridine rings is 1. The molecule has 14 heavy (non-hydrogen) atoms. The average Bonchev–Trinajstić information content (AvgIpc) is 2.17. The van der Waals surface area contributed by atoms with E-state index in [1.807, 2.05) is 0 Å². The van der Waals surface area contributed by atoms with Gasteiger partial charge in [0.15, 0.2) is 0 Å². The van der Waals surface area contributed by atoms with Gasteiger partial charge < -0.3 is 0 Å². The highest BCUT2D eigenvalue weighted by atomic mass is 79.9. The molecule has 0 N–H and O–H groups in total. The van der Waals surface area contributed by atoms with Gasteiger partial charge in [-0.3, -0.25) is 9.36 Å². The van der Waals surface area contributed by atoms with Gasteiger partial charge in [-0.25, -0.2) is 9.97 Å². The van der Waals surface area contributed by atoms with Crippen LogP contribution in [0.25, 0.3) is 11.0 Å². The Labute approximate surface area is 92.7 Å². The molecule has 2 rings (SSSR count). The molecule has 0 aromatic carbocycles. The van der Waals surface area contributed by atoms with Crippen LogP contribution in [0.15, 0.2) is 21.7 Å². The van der Waals surface area contributed by atoms with Gasteiger partial charge in [0.1, 0.15) is 17.1 Å². The smallest absolute Gasteiger partial charge is 0.266 e. The Morgan fingerprint density at radius 3 is 2.93 bits per heavy atom. The van der Waals surface area contributed by atoms with E-state index >= 15 is 0 Å². The summed E-state index contributed by atoms with van der Waals surface area (Å²) in [6.07, 6.45) is 1.33. The topological polar surface area (TPSA) is 47.8 Å². The van der Waals surface area contributed by atoms with E-state index < -0.39 is 0 Å². The lowest BCUT2D eigenvalue weighted by atomic mass is 10.3. The Bertz CT molecular complexity index is 566. The Kier molecular flexibility index (Phi) is 2.28. The summed E-state index contributed by atoms with van der Waals surface area (Å²) in [5.41, 5.74) is 0.380. The largest absolute Gasteiger partial charge is 0.295 e. The van der Waals surface area contributed by atoms with Crippen molar-refractivity contribution in [3.63, 3.8) is 0 Å². The second kappa shape index (κ2) is 3.33. The zero-order valence-corrected chi connectivity index (χ0v) is 9.50. The van der Waals surface area contributed by atoms with Crippen molar-refractivity contribution in [2.75, 3.05) is 0 Å². The molecular weight excluding hydrogens is 269 g/mol. The molecule has 2 heterocycles. The number of fused-ring (bicyclic) bond motifs is 1. The predicted octanol–water partition coefficient (Wildman–Crippen LogP) is 1.74. The summed E-state index contributed by atoms with van der Waals surface area (Å²) in [6.45, 7) is 0. The van der Waals surface area contributed by atoms with Gasteiger partial charge in [0.25, 0.3) is 5.56 Å². The third kappa shape index (κ3) is 1.33. The summed E-state index contributed by atoms with van der Waals surface area (Å²) in [4.78, 5) is 19.3. The lowest BCUT2D eigenvalue weighted by molar-refractivity contribution is 0.877. The van der Waals surface area contributed by atoms with Crippen molar-refractivity contribution in [3.8, 4) is 0 Å². The van der Waals surface area contributed by atoms with Crippen LogP contribution in [0.5, 0.6) is 0 Å². The van der Waals surface area contributed by atoms with Crippen LogP contribution in [0.2, 0.25) is 5.15 Å². The summed E-state index contributed by atoms with van der Waals surface area (Å²) in [7, 11) is 1.64. The molecule has 0 fully saturated rings. The van der Waals surface area contributed by atoms with Crippen LogP contribution in [0.3, 0.4) is 0 Å². The van der Waals surface area contributed by atoms with E-state index in [-0.39, 0.29) is 5.56 Å². The SMILES string of the molecule is Cn1c(=O)c(Br)cc2c(Cl)ncnc21. The van der Waals surface area contributed by atoms with Gasteiger partial charge in [0.2, 0.25) is 0 Å². The molecule has 0 spiro atoms. The zero-order valence-electron chi connectivity index (χ0n) is 7.16. The minimum absolute atomic E-state index is 0.146. The summed E-state index contributed by atoms with van der Waals surface area (Å²) < 4.78 is 1.87. The van der Waals surface area contributed by atoms with Crippen molar-refractivity contribution < 1.29 is 0 Å². The first-order valence-corrected chi connectivity index (χ1v) is 4.94. The number of halogens is 2. The fourth-order valence-electron chi connectivity index (χ4n) is 1.20. The Morgan fingerprint density at radius 1 is 1.50 bits per heavy atom. The van der Waals surface area contributed by atoms with Crippen LogP contribution in [-0.4, -0.2) is 14.5 Å². The minimum Gasteiger partial charge on any atom is -0.295 e. The molecule has 0 aliphatic carbocycles. The second-order valence-electron chi connectivity index (χ2n) is 2.76. The highest BCUT2D eigenvalue weighted by Gasteiger charge is 2.08. The molecule has 0 radical (unpaired) electrons. The van der Waals surface area contributed by atoms with Crippen LogP contribution in [0.4, 0.5) is 0 Å². The fourth-order valence-corrected chi connectivity index (χ4v) is 1.88. The van der Waals surface area contributed by atoms with Crippen molar-refractivity contribution >= 4 is 38.6 Å². The standard InChI is InChI=1S/C8H5BrClN3O/c1-13-7-4(2-5(9)8(13)14)6(10)11-3-12-7/h2-3H,1H3. The minimum atomic E-state index is -0.146. The van der Waals surface area contributed by atoms with Gasteiger partial charge in [-0.2, -0.15) is 0 Å². The normalized spacial score (nSPS) is 10.8. The predicted molar refractivity (Wildman–Crippen MR) is 57.5 cm³/mol. The molecule has 0 saturated carbocycles. The molecule has 0 atom stereocenters. The number of hydrogen-bond donors (Lipinski definition) is 0. The first-order valence-electron chi connectivity index (χ1n) is 3.77. The van der Waals surface area contributed by atoms with Crippen LogP contribution in [0, 0.1) is 0 Å². The molecule has 6 heteroatoms. The van der Waals surface area contributed by atoms with Crippen molar-refractivity contribution in [2.45, 2.75) is 0 Å². The van der Waals surface area contributed by atoms with Crippen molar-refractivity contribution in [2.24, 2.45) is 7.05 Å². The first kappa shape index (κ1) is 9.61. The first-order chi connectivity index (χ1) is 6.61. The maximum atomic E-state index is 11.5. The van der Waals surface area contributed by atoms with E-state index in [0.29, 0.717) is 20.7 Å². The van der Waals surface area contributed by atoms with Crippen LogP contribution < -0.4 is 5.56 Å². The quantitative estimate of drug-likeness (QED) is 0.688. The molecule has 0 amide bonds. The highest BCUT2D eigenvalue weighted by Crippen LogP contribution is 2.19. The van der Waals surface area contributed by atoms with E-state index in [9.17, 15) is 4.79 Å². The average molecular weight is 275 g/mol. The van der Waals surface area contributed by atoms with Gasteiger partial charge in [-0.15, -0.1) is 0 Å². The van der Waals surface area contributed by atoms with Gasteiger partial charge in [0.05, 0.1) is 9.86 Å². The molecule has 0 unspecified atom stereocenters. The highest BCUT2D eigenvalue weighted by molar-refractivity contribution is 9.10. The van der Waals surface area contributed by atoms with E-state index in [0.717, 1.165) is 0 Å². The number of rotatable bonds is 0. The molecule has 0 bridgehead atoms. The van der Waals surface area contributed by atoms with Gasteiger partial charge in [0, 0.05) is 7.05 Å². The molecule has 2 aromatic heterocycles. The van der Waals surface area contributed by atoms with Crippen LogP contribution in [0.1, 0.15) is 0 Å². The number of hydrogen-bond acceptors (Lipinski definition) is 3. The summed E-state index contributed by atoms with van der Waals surface area (Å²) >= 11 is 9.02. The molecule has 0 aliphatic rings. The number of aromatic nitrogens is 3. The van der Waals surface area contributed by atoms with E-state index in [4.69, 9.17) is 11.6 Å². The van der Waals surface area contributed by atoms with Crippen LogP contribution >= 0.6 is 27.5 Å². The monoisotopic (exact) mass is 273 g/mol. The Morgan fingerprint density at radius 2 is 2.21 bits per heavy atom. The molecule has 0 saturated heterocycles. The zero-order chi connectivity index (χ0) is 10.3. The summed E-state index contributed by atoms with van der Waals surface area (Å²) in [5, 5.41) is 0.995. The summed E-state index contributed by atoms with van der Waals surface area (Å²) in [5.74, 6) is 0. The van der Waals surface area contributed by atoms with Crippen molar-refractivity contribution in [3.05, 3.63) is 32.4 Å². The Balaban J connectivity index is 3.06. The van der Waals surface area contributed by atoms with E-state index in [2.05, 4.69) is 25.9 Å². The fraction of sp³-hybridized carbons (Fsp3) is 0.125. The van der Waals surface area contributed by atoms with Crippen LogP contribution in [-0.2, 0) is 7.05 Å². The lowest BCUT2D eigenvalue weighted by Gasteiger charge is -2.04. The third-order valence-corrected chi connectivity index (χ3v) is 2.78. The summed E-state index contributed by atoms with van der Waals surface area (Å²) in [6, 6.07) is 1.62. The van der Waals surface area contributed by atoms with Crippen molar-refractivity contribution in [1.29, 1.82) is 0 Å². The maximum absolute atomic E-state index is 11.5.